The molecule has 2 aromatic rings. The van der Waals surface area contributed by atoms with Crippen molar-refractivity contribution in [3.63, 3.8) is 0 Å². The van der Waals surface area contributed by atoms with E-state index in [1.54, 1.807) is 24.3 Å². The van der Waals surface area contributed by atoms with Crippen LogP contribution in [0.15, 0.2) is 54.6 Å². The summed E-state index contributed by atoms with van der Waals surface area (Å²) < 4.78 is 0. The monoisotopic (exact) mass is 419 g/mol. The molecule has 0 saturated carbocycles. The average Bonchev–Trinajstić information content (AvgIpc) is 2.97. The van der Waals surface area contributed by atoms with Gasteiger partial charge in [-0.05, 0) is 35.6 Å². The zero-order valence-corrected chi connectivity index (χ0v) is 17.6. The number of carboxylic acids is 1. The van der Waals surface area contributed by atoms with Gasteiger partial charge in [0.15, 0.2) is 0 Å². The number of benzene rings is 2. The van der Waals surface area contributed by atoms with Crippen LogP contribution in [0.1, 0.15) is 37.0 Å². The van der Waals surface area contributed by atoms with Gasteiger partial charge in [0.25, 0.3) is 5.91 Å². The molecule has 2 unspecified atom stereocenters. The molecule has 1 aliphatic rings. The highest BCUT2D eigenvalue weighted by Crippen LogP contribution is 2.28. The number of hydrogen-bond donors (Lipinski definition) is 1. The molecule has 31 heavy (non-hydrogen) atoms. The molecule has 160 valence electrons. The lowest BCUT2D eigenvalue weighted by Gasteiger charge is -2.24. The highest BCUT2D eigenvalue weighted by molar-refractivity contribution is 6.07. The third kappa shape index (κ3) is 4.92. The predicted molar refractivity (Wildman–Crippen MR) is 114 cm³/mol. The Hall–Kier alpha value is -3.66. The van der Waals surface area contributed by atoms with Crippen molar-refractivity contribution in [2.75, 3.05) is 0 Å². The quantitative estimate of drug-likeness (QED) is 0.661. The van der Waals surface area contributed by atoms with E-state index in [1.807, 2.05) is 50.2 Å². The first-order chi connectivity index (χ1) is 14.8. The first kappa shape index (κ1) is 22.0. The summed E-state index contributed by atoms with van der Waals surface area (Å²) >= 11 is 0. The summed E-state index contributed by atoms with van der Waals surface area (Å²) in [6.45, 7) is 3.87. The molecule has 3 rings (SSSR count). The maximum atomic E-state index is 13.3. The van der Waals surface area contributed by atoms with Gasteiger partial charge in [-0.15, -0.1) is 0 Å². The van der Waals surface area contributed by atoms with Gasteiger partial charge in [-0.2, -0.15) is 5.26 Å². The second-order valence-electron chi connectivity index (χ2n) is 8.12. The van der Waals surface area contributed by atoms with E-state index in [1.165, 1.54) is 4.90 Å². The lowest BCUT2D eigenvalue weighted by atomic mass is 10.0. The molecule has 0 bridgehead atoms. The molecule has 0 spiro atoms. The van der Waals surface area contributed by atoms with Gasteiger partial charge in [-0.1, -0.05) is 56.3 Å². The van der Waals surface area contributed by atoms with Crippen LogP contribution in [0.2, 0.25) is 0 Å². The van der Waals surface area contributed by atoms with E-state index in [0.29, 0.717) is 12.0 Å². The van der Waals surface area contributed by atoms with Gasteiger partial charge in [0.05, 0.1) is 11.6 Å². The normalized spacial score (nSPS) is 17.2. The van der Waals surface area contributed by atoms with Gasteiger partial charge >= 0.3 is 12.0 Å². The Morgan fingerprint density at radius 3 is 2.26 bits per heavy atom. The fourth-order valence-electron chi connectivity index (χ4n) is 3.80. The number of carbonyl (C=O) groups excluding carboxylic acids is 2. The minimum absolute atomic E-state index is 0.00171. The van der Waals surface area contributed by atoms with Crippen LogP contribution in [0.25, 0.3) is 0 Å². The van der Waals surface area contributed by atoms with Crippen LogP contribution in [-0.4, -0.2) is 44.9 Å². The Morgan fingerprint density at radius 2 is 1.71 bits per heavy atom. The average molecular weight is 419 g/mol. The summed E-state index contributed by atoms with van der Waals surface area (Å²) in [5, 5.41) is 18.7. The van der Waals surface area contributed by atoms with Crippen molar-refractivity contribution < 1.29 is 19.5 Å². The van der Waals surface area contributed by atoms with Gasteiger partial charge < -0.3 is 10.0 Å². The molecule has 3 amide bonds. The smallest absolute Gasteiger partial charge is 0.328 e. The highest BCUT2D eigenvalue weighted by Gasteiger charge is 2.49. The molecule has 1 saturated heterocycles. The summed E-state index contributed by atoms with van der Waals surface area (Å²) in [4.78, 5) is 40.9. The molecule has 0 aromatic heterocycles. The second kappa shape index (κ2) is 9.43. The number of amides is 3. The van der Waals surface area contributed by atoms with Crippen molar-refractivity contribution >= 4 is 17.9 Å². The fourth-order valence-corrected chi connectivity index (χ4v) is 3.80. The number of rotatable bonds is 8. The number of hydrogen-bond acceptors (Lipinski definition) is 4. The Labute approximate surface area is 181 Å². The van der Waals surface area contributed by atoms with Crippen molar-refractivity contribution in [2.24, 2.45) is 5.92 Å². The Kier molecular flexibility index (Phi) is 6.71. The van der Waals surface area contributed by atoms with E-state index in [9.17, 15) is 19.5 Å². The van der Waals surface area contributed by atoms with E-state index in [-0.39, 0.29) is 18.9 Å². The summed E-state index contributed by atoms with van der Waals surface area (Å²) in [7, 11) is 0. The Bertz CT molecular complexity index is 996. The van der Waals surface area contributed by atoms with E-state index in [2.05, 4.69) is 0 Å². The third-order valence-corrected chi connectivity index (χ3v) is 5.35. The molecular formula is C24H25N3O4. The first-order valence-corrected chi connectivity index (χ1v) is 10.2. The summed E-state index contributed by atoms with van der Waals surface area (Å²) in [5.41, 5.74) is 2.14. The van der Waals surface area contributed by atoms with Gasteiger partial charge in [0.2, 0.25) is 0 Å². The number of imide groups is 1. The van der Waals surface area contributed by atoms with Crippen LogP contribution in [0.3, 0.4) is 0 Å². The van der Waals surface area contributed by atoms with E-state index < -0.39 is 30.0 Å². The van der Waals surface area contributed by atoms with Crippen LogP contribution >= 0.6 is 0 Å². The van der Waals surface area contributed by atoms with Crippen LogP contribution in [0.4, 0.5) is 4.79 Å². The Balaban J connectivity index is 1.95. The highest BCUT2D eigenvalue weighted by atomic mass is 16.4. The lowest BCUT2D eigenvalue weighted by Crippen LogP contribution is -2.46. The van der Waals surface area contributed by atoms with E-state index >= 15 is 0 Å². The fraction of sp³-hybridized carbons (Fsp3) is 0.333. The number of carbonyl (C=O) groups is 3. The maximum absolute atomic E-state index is 13.3. The summed E-state index contributed by atoms with van der Waals surface area (Å²) in [6, 6.07) is 15.6. The molecule has 1 aliphatic heterocycles. The summed E-state index contributed by atoms with van der Waals surface area (Å²) in [6.07, 6.45) is 0.488. The molecule has 0 aliphatic carbocycles. The van der Waals surface area contributed by atoms with Crippen LogP contribution in [0.5, 0.6) is 0 Å². The van der Waals surface area contributed by atoms with Crippen molar-refractivity contribution in [2.45, 2.75) is 45.3 Å². The van der Waals surface area contributed by atoms with Gasteiger partial charge in [0, 0.05) is 13.0 Å². The molecule has 7 nitrogen and oxygen atoms in total. The van der Waals surface area contributed by atoms with Gasteiger partial charge in [-0.25, -0.2) is 14.5 Å². The van der Waals surface area contributed by atoms with Gasteiger partial charge in [-0.3, -0.25) is 4.79 Å². The second-order valence-corrected chi connectivity index (χ2v) is 8.12. The molecule has 7 heteroatoms. The Morgan fingerprint density at radius 1 is 1.06 bits per heavy atom. The molecular weight excluding hydrogens is 394 g/mol. The molecule has 1 fully saturated rings. The molecule has 2 atom stereocenters. The lowest BCUT2D eigenvalue weighted by molar-refractivity contribution is -0.147. The summed E-state index contributed by atoms with van der Waals surface area (Å²) in [5.74, 6) is -1.67. The largest absolute Gasteiger partial charge is 0.480 e. The number of urea groups is 1. The predicted octanol–water partition coefficient (Wildman–Crippen LogP) is 3.43. The number of aliphatic carboxylic acids is 1. The number of nitriles is 1. The molecule has 0 radical (unpaired) electrons. The number of nitrogens with zero attached hydrogens (tertiary/aromatic N) is 3. The number of carboxylic acid groups (broad SMARTS) is 1. The zero-order chi connectivity index (χ0) is 22.5. The molecule has 1 heterocycles. The van der Waals surface area contributed by atoms with Crippen molar-refractivity contribution in [3.8, 4) is 6.07 Å². The van der Waals surface area contributed by atoms with Crippen LogP contribution < -0.4 is 0 Å². The van der Waals surface area contributed by atoms with Crippen LogP contribution in [-0.2, 0) is 22.6 Å². The molecule has 2 aromatic carbocycles. The minimum Gasteiger partial charge on any atom is -0.480 e. The van der Waals surface area contributed by atoms with Crippen LogP contribution in [0, 0.1) is 17.2 Å². The minimum atomic E-state index is -1.20. The third-order valence-electron chi connectivity index (χ3n) is 5.35. The molecule has 1 N–H and O–H groups in total. The SMILES string of the molecule is CC(C)CC(C(=O)O)N1C(=O)C(Cc2ccccc2)N(Cc2ccc(C#N)cc2)C1=O. The van der Waals surface area contributed by atoms with E-state index in [4.69, 9.17) is 5.26 Å². The van der Waals surface area contributed by atoms with Crippen molar-refractivity contribution in [1.82, 2.24) is 9.80 Å². The van der Waals surface area contributed by atoms with Crippen molar-refractivity contribution in [1.29, 1.82) is 5.26 Å². The van der Waals surface area contributed by atoms with E-state index in [0.717, 1.165) is 16.0 Å². The van der Waals surface area contributed by atoms with Gasteiger partial charge in [0.1, 0.15) is 12.1 Å². The zero-order valence-electron chi connectivity index (χ0n) is 17.6. The van der Waals surface area contributed by atoms with Crippen molar-refractivity contribution in [3.05, 3.63) is 71.3 Å². The standard InChI is InChI=1S/C24H25N3O4/c1-16(2)12-21(23(29)30)27-22(28)20(13-17-6-4-3-5-7-17)26(24(27)31)15-19-10-8-18(14-25)9-11-19/h3-11,16,20-21H,12-13,15H2,1-2H3,(H,29,30). The maximum Gasteiger partial charge on any atom is 0.328 e. The topological polar surface area (TPSA) is 102 Å². The first-order valence-electron chi connectivity index (χ1n) is 10.2.